The van der Waals surface area contributed by atoms with Crippen LogP contribution < -0.4 is 0 Å². The summed E-state index contributed by atoms with van der Waals surface area (Å²) >= 11 is 1.39. The van der Waals surface area contributed by atoms with E-state index in [1.54, 1.807) is 18.3 Å². The van der Waals surface area contributed by atoms with Crippen molar-refractivity contribution in [3.63, 3.8) is 0 Å². The highest BCUT2D eigenvalue weighted by Gasteiger charge is 2.43. The van der Waals surface area contributed by atoms with E-state index in [9.17, 15) is 8.42 Å². The number of hydrogen-bond acceptors (Lipinski definition) is 7. The smallest absolute Gasteiger partial charge is 0.244 e. The standard InChI is InChI=1S/C15H18N2O5S2/c1-11-14(10-13(23-11)12-2-5-16-22-12)24(18,19)17-6-3-15(4-7-17)20-8-9-21-15/h2,5,10H,3-4,6-9H2,1H3. The molecular formula is C15H18N2O5S2. The first kappa shape index (κ1) is 16.2. The van der Waals surface area contributed by atoms with Crippen molar-refractivity contribution in [3.05, 3.63) is 23.2 Å². The molecule has 2 aliphatic rings. The summed E-state index contributed by atoms with van der Waals surface area (Å²) in [5, 5.41) is 3.67. The molecule has 2 fully saturated rings. The predicted octanol–water partition coefficient (Wildman–Crippen LogP) is 2.24. The van der Waals surface area contributed by atoms with Gasteiger partial charge in [-0.3, -0.25) is 0 Å². The summed E-state index contributed by atoms with van der Waals surface area (Å²) in [6.45, 7) is 3.77. The lowest BCUT2D eigenvalue weighted by molar-refractivity contribution is -0.179. The summed E-state index contributed by atoms with van der Waals surface area (Å²) in [6.07, 6.45) is 2.67. The molecule has 4 rings (SSSR count). The van der Waals surface area contributed by atoms with Crippen molar-refractivity contribution in [1.29, 1.82) is 0 Å². The van der Waals surface area contributed by atoms with Crippen LogP contribution in [0.2, 0.25) is 0 Å². The molecule has 0 amide bonds. The van der Waals surface area contributed by atoms with Gasteiger partial charge in [-0.1, -0.05) is 5.16 Å². The molecule has 0 aliphatic carbocycles. The fourth-order valence-electron chi connectivity index (χ4n) is 3.18. The molecule has 0 N–H and O–H groups in total. The van der Waals surface area contributed by atoms with Gasteiger partial charge in [0.25, 0.3) is 0 Å². The Morgan fingerprint density at radius 2 is 1.96 bits per heavy atom. The zero-order chi connectivity index (χ0) is 16.8. The van der Waals surface area contributed by atoms with E-state index in [2.05, 4.69) is 5.16 Å². The summed E-state index contributed by atoms with van der Waals surface area (Å²) in [6, 6.07) is 3.39. The zero-order valence-electron chi connectivity index (χ0n) is 13.2. The number of sulfonamides is 1. The molecule has 24 heavy (non-hydrogen) atoms. The lowest BCUT2D eigenvalue weighted by atomic mass is 10.1. The first-order chi connectivity index (χ1) is 11.5. The maximum absolute atomic E-state index is 13.0. The Labute approximate surface area is 144 Å². The molecule has 0 aromatic carbocycles. The number of ether oxygens (including phenoxy) is 2. The Hall–Kier alpha value is -1.26. The minimum absolute atomic E-state index is 0.336. The third-order valence-corrected chi connectivity index (χ3v) is 7.69. The van der Waals surface area contributed by atoms with E-state index in [0.29, 0.717) is 49.8 Å². The topological polar surface area (TPSA) is 81.9 Å². The Morgan fingerprint density at radius 3 is 2.58 bits per heavy atom. The van der Waals surface area contributed by atoms with E-state index < -0.39 is 15.8 Å². The van der Waals surface area contributed by atoms with Crippen LogP contribution in [0.25, 0.3) is 10.6 Å². The molecule has 0 radical (unpaired) electrons. The maximum atomic E-state index is 13.0. The van der Waals surface area contributed by atoms with E-state index in [1.807, 2.05) is 6.92 Å². The Kier molecular flexibility index (Phi) is 4.00. The minimum atomic E-state index is -3.54. The molecule has 0 atom stereocenters. The van der Waals surface area contributed by atoms with E-state index in [-0.39, 0.29) is 0 Å². The largest absolute Gasteiger partial charge is 0.355 e. The lowest BCUT2D eigenvalue weighted by Crippen LogP contribution is -2.47. The minimum Gasteiger partial charge on any atom is -0.355 e. The molecule has 4 heterocycles. The third kappa shape index (κ3) is 2.70. The molecular weight excluding hydrogens is 352 g/mol. The number of hydrogen-bond donors (Lipinski definition) is 0. The van der Waals surface area contributed by atoms with Crippen LogP contribution in [0.1, 0.15) is 17.7 Å². The van der Waals surface area contributed by atoms with Crippen LogP contribution in [-0.2, 0) is 19.5 Å². The predicted molar refractivity (Wildman–Crippen MR) is 87.2 cm³/mol. The zero-order valence-corrected chi connectivity index (χ0v) is 14.9. The van der Waals surface area contributed by atoms with Crippen LogP contribution in [0.4, 0.5) is 0 Å². The monoisotopic (exact) mass is 370 g/mol. The number of aromatic nitrogens is 1. The van der Waals surface area contributed by atoms with Gasteiger partial charge in [0.1, 0.15) is 0 Å². The second-order valence-electron chi connectivity index (χ2n) is 5.92. The Morgan fingerprint density at radius 1 is 1.25 bits per heavy atom. The molecule has 2 saturated heterocycles. The van der Waals surface area contributed by atoms with Crippen LogP contribution in [0.15, 0.2) is 27.7 Å². The highest BCUT2D eigenvalue weighted by molar-refractivity contribution is 7.89. The number of piperidine rings is 1. The molecule has 0 unspecified atom stereocenters. The van der Waals surface area contributed by atoms with Gasteiger partial charge in [-0.15, -0.1) is 11.3 Å². The fourth-order valence-corrected chi connectivity index (χ4v) is 6.14. The molecule has 130 valence electrons. The Bertz CT molecular complexity index is 812. The summed E-state index contributed by atoms with van der Waals surface area (Å²) < 4.78 is 44.0. The van der Waals surface area contributed by atoms with Crippen molar-refractivity contribution < 1.29 is 22.4 Å². The summed E-state index contributed by atoms with van der Waals surface area (Å²) in [5.41, 5.74) is 0. The van der Waals surface area contributed by atoms with Crippen molar-refractivity contribution >= 4 is 21.4 Å². The molecule has 0 bridgehead atoms. The van der Waals surface area contributed by atoms with Crippen LogP contribution >= 0.6 is 11.3 Å². The molecule has 2 aromatic heterocycles. The second-order valence-corrected chi connectivity index (χ2v) is 9.08. The van der Waals surface area contributed by atoms with E-state index in [0.717, 1.165) is 9.75 Å². The fraction of sp³-hybridized carbons (Fsp3) is 0.533. The number of thiophene rings is 1. The van der Waals surface area contributed by atoms with Crippen molar-refractivity contribution in [2.75, 3.05) is 26.3 Å². The van der Waals surface area contributed by atoms with E-state index >= 15 is 0 Å². The van der Waals surface area contributed by atoms with Crippen LogP contribution in [0.3, 0.4) is 0 Å². The van der Waals surface area contributed by atoms with Gasteiger partial charge in [0.2, 0.25) is 10.0 Å². The van der Waals surface area contributed by atoms with Gasteiger partial charge in [-0.2, -0.15) is 4.31 Å². The molecule has 7 nitrogen and oxygen atoms in total. The third-order valence-electron chi connectivity index (χ3n) is 4.47. The highest BCUT2D eigenvalue weighted by atomic mass is 32.2. The number of rotatable bonds is 3. The van der Waals surface area contributed by atoms with Gasteiger partial charge >= 0.3 is 0 Å². The maximum Gasteiger partial charge on any atom is 0.244 e. The highest BCUT2D eigenvalue weighted by Crippen LogP contribution is 2.37. The van der Waals surface area contributed by atoms with Gasteiger partial charge in [0.05, 0.1) is 29.2 Å². The lowest BCUT2D eigenvalue weighted by Gasteiger charge is -2.36. The first-order valence-electron chi connectivity index (χ1n) is 7.80. The number of nitrogens with zero attached hydrogens (tertiary/aromatic N) is 2. The van der Waals surface area contributed by atoms with Crippen LogP contribution in [-0.4, -0.2) is 50.0 Å². The van der Waals surface area contributed by atoms with Crippen molar-refractivity contribution in [3.8, 4) is 10.6 Å². The van der Waals surface area contributed by atoms with Crippen molar-refractivity contribution in [2.45, 2.75) is 30.4 Å². The normalized spacial score (nSPS) is 21.5. The van der Waals surface area contributed by atoms with Crippen molar-refractivity contribution in [2.24, 2.45) is 0 Å². The van der Waals surface area contributed by atoms with Crippen LogP contribution in [0, 0.1) is 6.92 Å². The molecule has 1 spiro atoms. The number of aryl methyl sites for hydroxylation is 1. The van der Waals surface area contributed by atoms with Crippen molar-refractivity contribution in [1.82, 2.24) is 9.46 Å². The van der Waals surface area contributed by atoms with Gasteiger partial charge in [0, 0.05) is 36.9 Å². The van der Waals surface area contributed by atoms with Gasteiger partial charge in [0.15, 0.2) is 11.5 Å². The molecule has 2 aliphatic heterocycles. The average molecular weight is 370 g/mol. The van der Waals surface area contributed by atoms with Crippen LogP contribution in [0.5, 0.6) is 0 Å². The molecule has 9 heteroatoms. The molecule has 2 aromatic rings. The summed E-state index contributed by atoms with van der Waals surface area (Å²) in [5.74, 6) is -0.00402. The van der Waals surface area contributed by atoms with E-state index in [1.165, 1.54) is 15.6 Å². The first-order valence-corrected chi connectivity index (χ1v) is 10.1. The summed E-state index contributed by atoms with van der Waals surface area (Å²) in [4.78, 5) is 1.85. The average Bonchev–Trinajstić information content (AvgIpc) is 3.28. The Balaban J connectivity index is 1.57. The van der Waals surface area contributed by atoms with E-state index in [4.69, 9.17) is 14.0 Å². The molecule has 0 saturated carbocycles. The van der Waals surface area contributed by atoms with Gasteiger partial charge in [-0.05, 0) is 13.0 Å². The van der Waals surface area contributed by atoms with Gasteiger partial charge < -0.3 is 14.0 Å². The second kappa shape index (κ2) is 5.92. The quantitative estimate of drug-likeness (QED) is 0.824. The summed E-state index contributed by atoms with van der Waals surface area (Å²) in [7, 11) is -3.54. The SMILES string of the molecule is Cc1sc(-c2ccno2)cc1S(=O)(=O)N1CCC2(CC1)OCCO2. The van der Waals surface area contributed by atoms with Gasteiger partial charge in [-0.25, -0.2) is 8.42 Å².